The van der Waals surface area contributed by atoms with Gasteiger partial charge in [-0.25, -0.2) is 13.8 Å². The van der Waals surface area contributed by atoms with E-state index in [0.717, 1.165) is 11.3 Å². The van der Waals surface area contributed by atoms with Crippen molar-refractivity contribution in [2.75, 3.05) is 36.4 Å². The molecule has 2 aliphatic rings. The summed E-state index contributed by atoms with van der Waals surface area (Å²) in [5, 5.41) is 2.78. The molecule has 2 aromatic heterocycles. The third kappa shape index (κ3) is 4.93. The van der Waals surface area contributed by atoms with Crippen LogP contribution in [-0.2, 0) is 4.79 Å². The molecule has 2 saturated heterocycles. The summed E-state index contributed by atoms with van der Waals surface area (Å²) < 4.78 is 28.5. The molecular formula is C26H28F2N6O2. The van der Waals surface area contributed by atoms with Gasteiger partial charge in [0.1, 0.15) is 12.0 Å². The van der Waals surface area contributed by atoms with Gasteiger partial charge >= 0.3 is 0 Å². The number of aromatic nitrogens is 3. The fraction of sp³-hybridized carbons (Fsp3) is 0.385. The Hall–Kier alpha value is -3.82. The molecule has 0 aliphatic carbocycles. The number of aryl methyl sites for hydroxylation is 1. The predicted octanol–water partition coefficient (Wildman–Crippen LogP) is 3.96. The van der Waals surface area contributed by atoms with Gasteiger partial charge in [-0.05, 0) is 50.5 Å². The van der Waals surface area contributed by atoms with Gasteiger partial charge in [-0.15, -0.1) is 0 Å². The number of nitrogens with zero attached hydrogens (tertiary/aromatic N) is 4. The van der Waals surface area contributed by atoms with Crippen LogP contribution >= 0.6 is 0 Å². The van der Waals surface area contributed by atoms with E-state index in [-0.39, 0.29) is 24.2 Å². The lowest BCUT2D eigenvalue weighted by Crippen LogP contribution is -2.42. The summed E-state index contributed by atoms with van der Waals surface area (Å²) >= 11 is 0. The number of amides is 2. The highest BCUT2D eigenvalue weighted by atomic mass is 19.1. The Bertz CT molecular complexity index is 1270. The van der Waals surface area contributed by atoms with Gasteiger partial charge in [-0.3, -0.25) is 14.6 Å². The second-order valence-electron chi connectivity index (χ2n) is 9.35. The minimum atomic E-state index is -0.947. The highest BCUT2D eigenvalue weighted by Gasteiger charge is 2.33. The minimum Gasteiger partial charge on any atom is -0.367 e. The van der Waals surface area contributed by atoms with E-state index in [2.05, 4.69) is 20.3 Å². The third-order valence-corrected chi connectivity index (χ3v) is 6.84. The van der Waals surface area contributed by atoms with Crippen LogP contribution in [-0.4, -0.2) is 64.0 Å². The summed E-state index contributed by atoms with van der Waals surface area (Å²) in [6.07, 6.45) is 3.79. The quantitative estimate of drug-likeness (QED) is 0.560. The number of likely N-dealkylation sites (tertiary alicyclic amines) is 1. The Morgan fingerprint density at radius 3 is 2.64 bits per heavy atom. The van der Waals surface area contributed by atoms with Gasteiger partial charge in [0.2, 0.25) is 5.91 Å². The molecule has 0 radical (unpaired) electrons. The van der Waals surface area contributed by atoms with E-state index in [1.807, 2.05) is 24.0 Å². The van der Waals surface area contributed by atoms with Crippen molar-refractivity contribution in [1.82, 2.24) is 19.9 Å². The van der Waals surface area contributed by atoms with Gasteiger partial charge in [0.25, 0.3) is 5.91 Å². The number of imidazole rings is 1. The van der Waals surface area contributed by atoms with Gasteiger partial charge in [0.15, 0.2) is 5.82 Å². The number of anilines is 2. The monoisotopic (exact) mass is 494 g/mol. The first-order chi connectivity index (χ1) is 17.4. The summed E-state index contributed by atoms with van der Waals surface area (Å²) in [7, 11) is 0. The topological polar surface area (TPSA) is 94.2 Å². The normalized spacial score (nSPS) is 18.5. The Kier molecular flexibility index (Phi) is 6.67. The molecule has 188 valence electrons. The molecule has 2 N–H and O–H groups in total. The molecule has 10 heteroatoms. The molecule has 3 aromatic rings. The SMILES string of the molecule is Cc1cc(-c2cnc(C(=O)Nc3cccc(F)c3N3CCC(C(=O)N4CC[C@@H](F)C4)CC3)[nH]2)ccn1. The maximum Gasteiger partial charge on any atom is 0.291 e. The van der Waals surface area contributed by atoms with Crippen molar-refractivity contribution in [3.05, 3.63) is 60.1 Å². The Balaban J connectivity index is 1.27. The van der Waals surface area contributed by atoms with Crippen LogP contribution in [0, 0.1) is 18.7 Å². The van der Waals surface area contributed by atoms with Crippen LogP contribution in [0.25, 0.3) is 11.3 Å². The van der Waals surface area contributed by atoms with E-state index in [9.17, 15) is 18.4 Å². The van der Waals surface area contributed by atoms with Gasteiger partial charge in [0, 0.05) is 43.0 Å². The molecule has 4 heterocycles. The van der Waals surface area contributed by atoms with Gasteiger partial charge in [-0.2, -0.15) is 0 Å². The molecule has 2 aliphatic heterocycles. The van der Waals surface area contributed by atoms with Crippen molar-refractivity contribution < 1.29 is 18.4 Å². The molecule has 0 unspecified atom stereocenters. The number of carbonyl (C=O) groups is 2. The Morgan fingerprint density at radius 1 is 1.11 bits per heavy atom. The van der Waals surface area contributed by atoms with Crippen LogP contribution < -0.4 is 10.2 Å². The molecule has 2 amide bonds. The largest absolute Gasteiger partial charge is 0.367 e. The summed E-state index contributed by atoms with van der Waals surface area (Å²) in [5.74, 6) is -1.05. The predicted molar refractivity (Wildman–Crippen MR) is 132 cm³/mol. The lowest BCUT2D eigenvalue weighted by molar-refractivity contribution is -0.135. The van der Waals surface area contributed by atoms with Gasteiger partial charge in [-0.1, -0.05) is 6.07 Å². The van der Waals surface area contributed by atoms with Crippen LogP contribution in [0.5, 0.6) is 0 Å². The zero-order valence-electron chi connectivity index (χ0n) is 20.0. The number of rotatable bonds is 5. The maximum atomic E-state index is 15.0. The summed E-state index contributed by atoms with van der Waals surface area (Å²) in [6, 6.07) is 8.24. The zero-order valence-corrected chi connectivity index (χ0v) is 20.0. The lowest BCUT2D eigenvalue weighted by atomic mass is 9.94. The average molecular weight is 495 g/mol. The van der Waals surface area contributed by atoms with Crippen LogP contribution in [0.15, 0.2) is 42.7 Å². The summed E-state index contributed by atoms with van der Waals surface area (Å²) in [4.78, 5) is 40.5. The molecule has 2 fully saturated rings. The van der Waals surface area contributed by atoms with E-state index < -0.39 is 17.9 Å². The van der Waals surface area contributed by atoms with Gasteiger partial charge in [0.05, 0.1) is 29.8 Å². The number of hydrogen-bond donors (Lipinski definition) is 2. The van der Waals surface area contributed by atoms with Crippen LogP contribution in [0.4, 0.5) is 20.2 Å². The lowest BCUT2D eigenvalue weighted by Gasteiger charge is -2.35. The number of H-pyrrole nitrogens is 1. The zero-order chi connectivity index (χ0) is 25.2. The number of aromatic amines is 1. The van der Waals surface area contributed by atoms with Crippen LogP contribution in [0.1, 0.15) is 35.6 Å². The van der Waals surface area contributed by atoms with E-state index in [4.69, 9.17) is 0 Å². The first-order valence-corrected chi connectivity index (χ1v) is 12.1. The van der Waals surface area contributed by atoms with Crippen molar-refractivity contribution in [3.8, 4) is 11.3 Å². The third-order valence-electron chi connectivity index (χ3n) is 6.84. The average Bonchev–Trinajstić information content (AvgIpc) is 3.54. The molecule has 0 spiro atoms. The van der Waals surface area contributed by atoms with Crippen LogP contribution in [0.3, 0.4) is 0 Å². The van der Waals surface area contributed by atoms with Crippen molar-refractivity contribution in [1.29, 1.82) is 0 Å². The van der Waals surface area contributed by atoms with Crippen molar-refractivity contribution in [2.45, 2.75) is 32.4 Å². The number of hydrogen-bond acceptors (Lipinski definition) is 5. The second-order valence-corrected chi connectivity index (χ2v) is 9.35. The van der Waals surface area contributed by atoms with Gasteiger partial charge < -0.3 is 20.1 Å². The molecular weight excluding hydrogens is 466 g/mol. The molecule has 0 saturated carbocycles. The van der Waals surface area contributed by atoms with E-state index in [1.54, 1.807) is 29.4 Å². The fourth-order valence-corrected chi connectivity index (χ4v) is 4.94. The maximum absolute atomic E-state index is 15.0. The second kappa shape index (κ2) is 10.0. The van der Waals surface area contributed by atoms with Crippen molar-refractivity contribution in [2.24, 2.45) is 5.92 Å². The number of benzene rings is 1. The van der Waals surface area contributed by atoms with Crippen LogP contribution in [0.2, 0.25) is 0 Å². The molecule has 36 heavy (non-hydrogen) atoms. The van der Waals surface area contributed by atoms with Crippen molar-refractivity contribution >= 4 is 23.2 Å². The number of alkyl halides is 1. The molecule has 8 nitrogen and oxygen atoms in total. The highest BCUT2D eigenvalue weighted by Crippen LogP contribution is 2.33. The Labute approximate surface area is 207 Å². The minimum absolute atomic E-state index is 0.0186. The Morgan fingerprint density at radius 2 is 1.92 bits per heavy atom. The number of piperidine rings is 1. The first kappa shape index (κ1) is 23.9. The molecule has 1 atom stereocenters. The number of nitrogens with one attached hydrogen (secondary N) is 2. The van der Waals surface area contributed by atoms with Crippen molar-refractivity contribution in [3.63, 3.8) is 0 Å². The summed E-state index contributed by atoms with van der Waals surface area (Å²) in [5.41, 5.74) is 3.00. The van der Waals surface area contributed by atoms with E-state index >= 15 is 0 Å². The van der Waals surface area contributed by atoms with E-state index in [0.29, 0.717) is 56.0 Å². The molecule has 5 rings (SSSR count). The highest BCUT2D eigenvalue weighted by molar-refractivity contribution is 6.04. The number of para-hydroxylation sites is 1. The molecule has 1 aromatic carbocycles. The molecule has 0 bridgehead atoms. The fourth-order valence-electron chi connectivity index (χ4n) is 4.94. The number of carbonyl (C=O) groups excluding carboxylic acids is 2. The first-order valence-electron chi connectivity index (χ1n) is 12.1. The smallest absolute Gasteiger partial charge is 0.291 e. The number of halogens is 2. The van der Waals surface area contributed by atoms with E-state index in [1.165, 1.54) is 6.07 Å². The number of pyridine rings is 1. The standard InChI is InChI=1S/C26H28F2N6O2/c1-16-13-18(5-9-29-16)22-14-30-24(31-22)25(35)32-21-4-2-3-20(28)23(21)33-10-6-17(7-11-33)26(36)34-12-8-19(27)15-34/h2-5,9,13-14,17,19H,6-8,10-12,15H2,1H3,(H,30,31)(H,32,35)/t19-/m1/s1. The summed E-state index contributed by atoms with van der Waals surface area (Å²) in [6.45, 7) is 3.42.